The van der Waals surface area contributed by atoms with Crippen molar-refractivity contribution in [3.05, 3.63) is 22.2 Å². The number of aliphatic carboxylic acids is 1. The van der Waals surface area contributed by atoms with E-state index in [4.69, 9.17) is 9.47 Å². The maximum absolute atomic E-state index is 10.8. The van der Waals surface area contributed by atoms with E-state index < -0.39 is 12.0 Å². The summed E-state index contributed by atoms with van der Waals surface area (Å²) in [4.78, 5) is 10.8. The topological polar surface area (TPSA) is 86.2 Å². The molecule has 6 heteroatoms. The van der Waals surface area contributed by atoms with Gasteiger partial charge in [-0.15, -0.1) is 0 Å². The number of hydrogen-bond acceptors (Lipinski definition) is 4. The minimum atomic E-state index is -1.23. The fourth-order valence-electron chi connectivity index (χ4n) is 1.54. The van der Waals surface area contributed by atoms with Gasteiger partial charge in [-0.1, -0.05) is 13.3 Å². The predicted molar refractivity (Wildman–Crippen MR) is 71.7 cm³/mol. The molecule has 0 saturated carbocycles. The normalized spacial score (nSPS) is 12.0. The first-order chi connectivity index (χ1) is 9.01. The number of methoxy groups -OCH3 is 1. The molecule has 1 aromatic rings. The smallest absolute Gasteiger partial charge is 0.175 e. The Morgan fingerprint density at radius 2 is 2.21 bits per heavy atom. The summed E-state index contributed by atoms with van der Waals surface area (Å²) in [6.07, 6.45) is 1.97. The van der Waals surface area contributed by atoms with Crippen molar-refractivity contribution in [2.24, 2.45) is 0 Å². The zero-order valence-corrected chi connectivity index (χ0v) is 12.7. The summed E-state index contributed by atoms with van der Waals surface area (Å²) in [7, 11) is 1.51. The van der Waals surface area contributed by atoms with E-state index in [2.05, 4.69) is 28.6 Å². The van der Waals surface area contributed by atoms with Gasteiger partial charge in [0, 0.05) is 5.56 Å². The molecule has 3 N–H and O–H groups in total. The highest BCUT2D eigenvalue weighted by molar-refractivity contribution is 9.10. The molecule has 1 aromatic carbocycles. The average molecular weight is 332 g/mol. The Labute approximate surface area is 120 Å². The molecule has 0 aliphatic heterocycles. The Balaban J connectivity index is 3.04. The van der Waals surface area contributed by atoms with Crippen LogP contribution in [0.1, 0.15) is 31.4 Å². The molecule has 1 atom stereocenters. The van der Waals surface area contributed by atoms with Crippen molar-refractivity contribution >= 4 is 21.9 Å². The fourth-order valence-corrected chi connectivity index (χ4v) is 2.11. The highest BCUT2D eigenvalue weighted by Crippen LogP contribution is 2.37. The Morgan fingerprint density at radius 3 is 2.74 bits per heavy atom. The number of benzene rings is 1. The zero-order chi connectivity index (χ0) is 14.4. The molecule has 0 saturated heterocycles. The summed E-state index contributed by atoms with van der Waals surface area (Å²) in [5.74, 6) is -0.172. The largest absolute Gasteiger partial charge is 0.544 e. The van der Waals surface area contributed by atoms with E-state index >= 15 is 0 Å². The van der Waals surface area contributed by atoms with Crippen LogP contribution in [0.5, 0.6) is 11.5 Å². The first kappa shape index (κ1) is 15.8. The van der Waals surface area contributed by atoms with Gasteiger partial charge in [0.05, 0.1) is 18.2 Å². The second kappa shape index (κ2) is 7.35. The minimum absolute atomic E-state index is 0.482. The van der Waals surface area contributed by atoms with Crippen LogP contribution in [0.15, 0.2) is 16.6 Å². The van der Waals surface area contributed by atoms with E-state index in [9.17, 15) is 9.90 Å². The molecule has 0 aromatic heterocycles. The molecular weight excluding hydrogens is 314 g/mol. The number of ether oxygens (including phenoxy) is 2. The molecule has 0 unspecified atom stereocenters. The zero-order valence-electron chi connectivity index (χ0n) is 11.1. The van der Waals surface area contributed by atoms with Crippen LogP contribution in [0.2, 0.25) is 0 Å². The molecule has 19 heavy (non-hydrogen) atoms. The number of unbranched alkanes of at least 4 members (excludes halogenated alkanes) is 1. The Hall–Kier alpha value is -1.27. The van der Waals surface area contributed by atoms with E-state index in [0.29, 0.717) is 28.1 Å². The molecule has 0 fully saturated rings. The minimum Gasteiger partial charge on any atom is -0.544 e. The molecule has 0 heterocycles. The lowest BCUT2D eigenvalue weighted by Gasteiger charge is -2.16. The van der Waals surface area contributed by atoms with Gasteiger partial charge in [-0.2, -0.15) is 0 Å². The highest BCUT2D eigenvalue weighted by Gasteiger charge is 2.17. The van der Waals surface area contributed by atoms with Gasteiger partial charge in [-0.05, 0) is 34.5 Å². The standard InChI is InChI=1S/C13H18BrNO4/c1-3-4-5-19-12-9(14)6-8(7-10(12)18-2)11(15)13(16)17/h6-7,11H,3-5,15H2,1-2H3,(H,16,17)/t11-/m1/s1. The maximum Gasteiger partial charge on any atom is 0.175 e. The number of carboxylic acid groups (broad SMARTS) is 1. The predicted octanol–water partition coefficient (Wildman–Crippen LogP) is 0.669. The van der Waals surface area contributed by atoms with Crippen LogP contribution in [-0.4, -0.2) is 19.7 Å². The number of carbonyl (C=O) groups excluding carboxylic acids is 1. The number of halogens is 1. The van der Waals surface area contributed by atoms with E-state index in [0.717, 1.165) is 12.8 Å². The second-order valence-corrected chi connectivity index (χ2v) is 4.96. The number of hydrogen-bond donors (Lipinski definition) is 1. The first-order valence-corrected chi connectivity index (χ1v) is 6.84. The maximum atomic E-state index is 10.8. The Kier molecular flexibility index (Phi) is 6.11. The molecule has 0 radical (unpaired) electrons. The van der Waals surface area contributed by atoms with Crippen LogP contribution in [0.25, 0.3) is 0 Å². The Bertz CT molecular complexity index is 451. The van der Waals surface area contributed by atoms with Crippen molar-refractivity contribution in [2.45, 2.75) is 25.8 Å². The highest BCUT2D eigenvalue weighted by atomic mass is 79.9. The summed E-state index contributed by atoms with van der Waals surface area (Å²) in [6, 6.07) is 2.33. The molecule has 0 aliphatic carbocycles. The van der Waals surface area contributed by atoms with Gasteiger partial charge in [0.1, 0.15) is 5.97 Å². The summed E-state index contributed by atoms with van der Waals surface area (Å²) in [6.45, 7) is 2.66. The first-order valence-electron chi connectivity index (χ1n) is 6.05. The quantitative estimate of drug-likeness (QED) is 0.744. The lowest BCUT2D eigenvalue weighted by Crippen LogP contribution is -2.61. The summed E-state index contributed by atoms with van der Waals surface area (Å²) in [5, 5.41) is 10.8. The summed E-state index contributed by atoms with van der Waals surface area (Å²) < 4.78 is 11.5. The van der Waals surface area contributed by atoms with Crippen molar-refractivity contribution < 1.29 is 25.1 Å². The van der Waals surface area contributed by atoms with Gasteiger partial charge >= 0.3 is 0 Å². The van der Waals surface area contributed by atoms with E-state index in [1.807, 2.05) is 0 Å². The van der Waals surface area contributed by atoms with Crippen molar-refractivity contribution in [3.8, 4) is 11.5 Å². The molecular formula is C13H18BrNO4. The van der Waals surface area contributed by atoms with E-state index in [1.165, 1.54) is 7.11 Å². The van der Waals surface area contributed by atoms with Gasteiger partial charge in [0.25, 0.3) is 0 Å². The summed E-state index contributed by atoms with van der Waals surface area (Å²) in [5.41, 5.74) is 4.06. The third-order valence-corrected chi connectivity index (χ3v) is 3.27. The lowest BCUT2D eigenvalue weighted by atomic mass is 10.1. The van der Waals surface area contributed by atoms with Crippen LogP contribution < -0.4 is 20.3 Å². The third kappa shape index (κ3) is 4.11. The molecule has 0 amide bonds. The number of quaternary nitrogens is 1. The van der Waals surface area contributed by atoms with Crippen LogP contribution in [0.3, 0.4) is 0 Å². The second-order valence-electron chi connectivity index (χ2n) is 4.11. The van der Waals surface area contributed by atoms with Crippen molar-refractivity contribution in [1.82, 2.24) is 0 Å². The van der Waals surface area contributed by atoms with Crippen molar-refractivity contribution in [1.29, 1.82) is 0 Å². The number of carboxylic acids is 1. The molecule has 106 valence electrons. The molecule has 0 bridgehead atoms. The van der Waals surface area contributed by atoms with Crippen molar-refractivity contribution in [2.75, 3.05) is 13.7 Å². The molecule has 5 nitrogen and oxygen atoms in total. The van der Waals surface area contributed by atoms with Gasteiger partial charge in [0.15, 0.2) is 17.5 Å². The third-order valence-electron chi connectivity index (χ3n) is 2.68. The molecule has 0 aliphatic rings. The van der Waals surface area contributed by atoms with Crippen LogP contribution >= 0.6 is 15.9 Å². The van der Waals surface area contributed by atoms with Crippen LogP contribution in [0, 0.1) is 0 Å². The van der Waals surface area contributed by atoms with Gasteiger partial charge in [-0.3, -0.25) is 0 Å². The summed E-state index contributed by atoms with van der Waals surface area (Å²) >= 11 is 3.36. The van der Waals surface area contributed by atoms with Crippen LogP contribution in [-0.2, 0) is 4.79 Å². The lowest BCUT2D eigenvalue weighted by molar-refractivity contribution is -0.443. The average Bonchev–Trinajstić information content (AvgIpc) is 2.39. The fraction of sp³-hybridized carbons (Fsp3) is 0.462. The number of rotatable bonds is 7. The van der Waals surface area contributed by atoms with Gasteiger partial charge < -0.3 is 25.1 Å². The Morgan fingerprint density at radius 1 is 1.53 bits per heavy atom. The van der Waals surface area contributed by atoms with E-state index in [-0.39, 0.29) is 0 Å². The van der Waals surface area contributed by atoms with Crippen molar-refractivity contribution in [3.63, 3.8) is 0 Å². The molecule has 0 spiro atoms. The molecule has 1 rings (SSSR count). The number of carbonyl (C=O) groups is 1. The SMILES string of the molecule is CCCCOc1c(Br)cc([C@@H]([NH3+])C(=O)[O-])cc1OC. The monoisotopic (exact) mass is 331 g/mol. The van der Waals surface area contributed by atoms with Gasteiger partial charge in [0.2, 0.25) is 0 Å². The van der Waals surface area contributed by atoms with Crippen LogP contribution in [0.4, 0.5) is 0 Å². The van der Waals surface area contributed by atoms with Gasteiger partial charge in [-0.25, -0.2) is 0 Å². The van der Waals surface area contributed by atoms with E-state index in [1.54, 1.807) is 12.1 Å².